The molecule has 1 N–H and O–H groups in total. The Morgan fingerprint density at radius 1 is 1.11 bits per heavy atom. The third-order valence-electron chi connectivity index (χ3n) is 6.63. The Hall–Kier alpha value is -2.95. The number of benzene rings is 2. The fourth-order valence-corrected chi connectivity index (χ4v) is 5.32. The molecule has 1 saturated carbocycles. The lowest BCUT2D eigenvalue weighted by atomic mass is 9.99. The second-order valence-electron chi connectivity index (χ2n) is 9.67. The summed E-state index contributed by atoms with van der Waals surface area (Å²) < 4.78 is 76.9. The fourth-order valence-electron chi connectivity index (χ4n) is 4.65. The minimum Gasteiger partial charge on any atom is -0.347 e. The first-order chi connectivity index (χ1) is 16.8. The highest BCUT2D eigenvalue weighted by molar-refractivity contribution is 7.90. The first kappa shape index (κ1) is 26.1. The van der Waals surface area contributed by atoms with Crippen LogP contribution in [-0.2, 0) is 20.8 Å². The van der Waals surface area contributed by atoms with Crippen LogP contribution in [-0.4, -0.2) is 44.0 Å². The van der Waals surface area contributed by atoms with Crippen LogP contribution < -0.4 is 5.32 Å². The molecule has 1 heterocycles. The number of halogens is 4. The number of hydrogen-bond acceptors (Lipinski definition) is 4. The van der Waals surface area contributed by atoms with Crippen molar-refractivity contribution in [2.24, 2.45) is 11.8 Å². The van der Waals surface area contributed by atoms with E-state index >= 15 is 0 Å². The molecule has 11 heteroatoms. The van der Waals surface area contributed by atoms with Gasteiger partial charge in [0, 0.05) is 18.4 Å². The Balaban J connectivity index is 1.56. The van der Waals surface area contributed by atoms with E-state index in [9.17, 15) is 35.6 Å². The highest BCUT2D eigenvalue weighted by Gasteiger charge is 2.42. The second kappa shape index (κ2) is 9.49. The van der Waals surface area contributed by atoms with E-state index < -0.39 is 51.3 Å². The molecule has 4 rings (SSSR count). The van der Waals surface area contributed by atoms with Gasteiger partial charge < -0.3 is 10.2 Å². The minimum absolute atomic E-state index is 0.00863. The molecule has 1 aliphatic heterocycles. The van der Waals surface area contributed by atoms with Gasteiger partial charge in [-0.1, -0.05) is 19.1 Å². The molecule has 1 aliphatic carbocycles. The Morgan fingerprint density at radius 2 is 1.81 bits per heavy atom. The predicted octanol–water partition coefficient (Wildman–Crippen LogP) is 4.37. The number of likely N-dealkylation sites (tertiary alicyclic amines) is 1. The quantitative estimate of drug-likeness (QED) is 0.567. The summed E-state index contributed by atoms with van der Waals surface area (Å²) in [7, 11) is -3.54. The lowest BCUT2D eigenvalue weighted by Gasteiger charge is -2.27. The number of nitrogens with one attached hydrogen (secondary N) is 1. The zero-order valence-electron chi connectivity index (χ0n) is 19.7. The summed E-state index contributed by atoms with van der Waals surface area (Å²) in [4.78, 5) is 27.9. The molecule has 2 aromatic carbocycles. The molecule has 36 heavy (non-hydrogen) atoms. The van der Waals surface area contributed by atoms with Gasteiger partial charge in [-0.15, -0.1) is 0 Å². The van der Waals surface area contributed by atoms with Crippen molar-refractivity contribution >= 4 is 21.7 Å². The number of amides is 2. The van der Waals surface area contributed by atoms with E-state index in [4.69, 9.17) is 0 Å². The van der Waals surface area contributed by atoms with Gasteiger partial charge in [0.1, 0.15) is 11.9 Å². The maximum Gasteiger partial charge on any atom is 0.419 e. The fraction of sp³-hybridized carbons (Fsp3) is 0.440. The average Bonchev–Trinajstić information content (AvgIpc) is 3.56. The van der Waals surface area contributed by atoms with Gasteiger partial charge in [0.2, 0.25) is 5.91 Å². The monoisotopic (exact) mass is 526 g/mol. The zero-order chi connectivity index (χ0) is 26.4. The highest BCUT2D eigenvalue weighted by Crippen LogP contribution is 2.42. The van der Waals surface area contributed by atoms with Crippen molar-refractivity contribution in [1.29, 1.82) is 0 Å². The third-order valence-corrected chi connectivity index (χ3v) is 7.74. The van der Waals surface area contributed by atoms with Crippen LogP contribution in [0.4, 0.5) is 17.6 Å². The number of hydrogen-bond donors (Lipinski definition) is 1. The van der Waals surface area contributed by atoms with Crippen LogP contribution >= 0.6 is 0 Å². The van der Waals surface area contributed by atoms with Crippen LogP contribution in [0.1, 0.15) is 53.7 Å². The molecule has 1 saturated heterocycles. The molecule has 3 atom stereocenters. The lowest BCUT2D eigenvalue weighted by Crippen LogP contribution is -2.47. The largest absolute Gasteiger partial charge is 0.419 e. The van der Waals surface area contributed by atoms with Crippen molar-refractivity contribution in [2.75, 3.05) is 12.8 Å². The summed E-state index contributed by atoms with van der Waals surface area (Å²) >= 11 is 0. The van der Waals surface area contributed by atoms with Gasteiger partial charge in [-0.25, -0.2) is 12.8 Å². The van der Waals surface area contributed by atoms with E-state index in [1.165, 1.54) is 35.2 Å². The van der Waals surface area contributed by atoms with Gasteiger partial charge in [-0.2, -0.15) is 13.2 Å². The Bertz CT molecular complexity index is 1290. The van der Waals surface area contributed by atoms with Crippen molar-refractivity contribution in [3.05, 3.63) is 65.0 Å². The maximum atomic E-state index is 14.2. The summed E-state index contributed by atoms with van der Waals surface area (Å²) in [6.45, 7) is 2.16. The van der Waals surface area contributed by atoms with Gasteiger partial charge in [0.25, 0.3) is 5.91 Å². The molecule has 2 aromatic rings. The van der Waals surface area contributed by atoms with Crippen molar-refractivity contribution in [1.82, 2.24) is 10.2 Å². The van der Waals surface area contributed by atoms with Gasteiger partial charge in [-0.3, -0.25) is 9.59 Å². The molecule has 194 valence electrons. The van der Waals surface area contributed by atoms with E-state index in [2.05, 4.69) is 5.32 Å². The average molecular weight is 527 g/mol. The van der Waals surface area contributed by atoms with E-state index in [1.807, 2.05) is 6.92 Å². The Morgan fingerprint density at radius 3 is 2.39 bits per heavy atom. The van der Waals surface area contributed by atoms with Crippen LogP contribution in [0.25, 0.3) is 0 Å². The molecule has 0 unspecified atom stereocenters. The molecule has 0 spiro atoms. The van der Waals surface area contributed by atoms with E-state index in [-0.39, 0.29) is 34.4 Å². The molecule has 0 aromatic heterocycles. The third kappa shape index (κ3) is 5.55. The van der Waals surface area contributed by atoms with E-state index in [0.717, 1.165) is 25.2 Å². The summed E-state index contributed by atoms with van der Waals surface area (Å²) in [5.74, 6) is -2.43. The summed E-state index contributed by atoms with van der Waals surface area (Å²) in [5.41, 5.74) is -1.00. The van der Waals surface area contributed by atoms with Gasteiger partial charge in [-0.05, 0) is 67.0 Å². The molecular weight excluding hydrogens is 500 g/mol. The first-order valence-electron chi connectivity index (χ1n) is 11.5. The van der Waals surface area contributed by atoms with Crippen LogP contribution in [0.5, 0.6) is 0 Å². The van der Waals surface area contributed by atoms with Crippen LogP contribution in [0, 0.1) is 17.7 Å². The number of nitrogens with zero attached hydrogens (tertiary/aromatic N) is 1. The molecule has 0 radical (unpaired) electrons. The van der Waals surface area contributed by atoms with Crippen molar-refractivity contribution in [2.45, 2.75) is 49.3 Å². The van der Waals surface area contributed by atoms with Crippen LogP contribution in [0.3, 0.4) is 0 Å². The molecule has 2 amide bonds. The highest BCUT2D eigenvalue weighted by atomic mass is 32.2. The zero-order valence-corrected chi connectivity index (χ0v) is 20.5. The molecule has 0 bridgehead atoms. The Kier molecular flexibility index (Phi) is 6.89. The van der Waals surface area contributed by atoms with Gasteiger partial charge in [0.15, 0.2) is 9.84 Å². The van der Waals surface area contributed by atoms with Crippen molar-refractivity contribution in [3.8, 4) is 0 Å². The molecule has 2 fully saturated rings. The maximum absolute atomic E-state index is 14.2. The number of carbonyl (C=O) groups excluding carboxylic acids is 2. The molecule has 2 aliphatic rings. The van der Waals surface area contributed by atoms with Crippen LogP contribution in [0.15, 0.2) is 47.4 Å². The molecule has 6 nitrogen and oxygen atoms in total. The number of rotatable bonds is 6. The first-order valence-corrected chi connectivity index (χ1v) is 13.4. The van der Waals surface area contributed by atoms with Crippen LogP contribution in [0.2, 0.25) is 0 Å². The number of sulfone groups is 1. The lowest BCUT2D eigenvalue weighted by molar-refractivity contribution is -0.140. The summed E-state index contributed by atoms with van der Waals surface area (Å²) in [6.07, 6.45) is -1.96. The van der Waals surface area contributed by atoms with E-state index in [0.29, 0.717) is 12.5 Å². The predicted molar refractivity (Wildman–Crippen MR) is 123 cm³/mol. The van der Waals surface area contributed by atoms with Gasteiger partial charge >= 0.3 is 6.18 Å². The van der Waals surface area contributed by atoms with Crippen molar-refractivity contribution < 1.29 is 35.6 Å². The molecular formula is C25H26F4N2O4S. The summed E-state index contributed by atoms with van der Waals surface area (Å²) in [5, 5.41) is 2.84. The SMILES string of the molecule is C[C@@H]1C[C@H](C(=O)N[C@@H](c2ccc(C(F)(F)F)c(F)c2)C2CC2)N(C(=O)c2cccc(S(C)(=O)=O)c2)C1. The smallest absolute Gasteiger partial charge is 0.347 e. The normalized spacial score (nSPS) is 21.3. The second-order valence-corrected chi connectivity index (χ2v) is 11.7. The standard InChI is InChI=1S/C25H26F4N2O4S/c1-14-10-21(31(13-14)24(33)17-4-3-5-18(11-17)36(2,34)35)23(32)30-22(15-6-7-15)16-8-9-19(20(26)12-16)25(27,28)29/h3-5,8-9,11-12,14-15,21-22H,6-7,10,13H2,1-2H3,(H,30,32)/t14-,21-,22-/m1/s1. The van der Waals surface area contributed by atoms with E-state index in [1.54, 1.807) is 0 Å². The minimum atomic E-state index is -4.82. The van der Waals surface area contributed by atoms with Crippen molar-refractivity contribution in [3.63, 3.8) is 0 Å². The van der Waals surface area contributed by atoms with Gasteiger partial charge in [0.05, 0.1) is 16.5 Å². The Labute approximate surface area is 206 Å². The summed E-state index contributed by atoms with van der Waals surface area (Å²) in [6, 6.07) is 6.71. The number of alkyl halides is 3. The number of carbonyl (C=O) groups is 2. The topological polar surface area (TPSA) is 83.6 Å².